The molecule has 0 fully saturated rings. The van der Waals surface area contributed by atoms with Crippen LogP contribution < -0.4 is 5.73 Å². The second-order valence-corrected chi connectivity index (χ2v) is 5.22. The molecule has 0 saturated heterocycles. The summed E-state index contributed by atoms with van der Waals surface area (Å²) >= 11 is 1.67. The molecule has 4 heteroatoms. The second kappa shape index (κ2) is 6.20. The van der Waals surface area contributed by atoms with Gasteiger partial charge < -0.3 is 15.3 Å². The molecule has 3 atom stereocenters. The lowest BCUT2D eigenvalue weighted by molar-refractivity contribution is 0.299. The third-order valence-electron chi connectivity index (χ3n) is 2.32. The van der Waals surface area contributed by atoms with E-state index in [-0.39, 0.29) is 23.1 Å². The molecular formula is C11H19NO2S. The first kappa shape index (κ1) is 12.6. The van der Waals surface area contributed by atoms with Crippen molar-refractivity contribution in [3.8, 4) is 0 Å². The van der Waals surface area contributed by atoms with Gasteiger partial charge in [-0.05, 0) is 18.6 Å². The highest BCUT2D eigenvalue weighted by Gasteiger charge is 2.23. The molecule has 3 nitrogen and oxygen atoms in total. The van der Waals surface area contributed by atoms with E-state index in [1.54, 1.807) is 18.0 Å². The van der Waals surface area contributed by atoms with Gasteiger partial charge in [-0.25, -0.2) is 0 Å². The summed E-state index contributed by atoms with van der Waals surface area (Å²) in [6, 6.07) is 3.88. The van der Waals surface area contributed by atoms with Crippen LogP contribution in [-0.2, 0) is 0 Å². The zero-order valence-electron chi connectivity index (χ0n) is 9.22. The molecule has 0 aliphatic rings. The van der Waals surface area contributed by atoms with Gasteiger partial charge in [-0.3, -0.25) is 0 Å². The Kier molecular flexibility index (Phi) is 5.22. The van der Waals surface area contributed by atoms with Crippen molar-refractivity contribution in [3.05, 3.63) is 24.2 Å². The quantitative estimate of drug-likeness (QED) is 0.785. The Labute approximate surface area is 95.0 Å². The molecule has 1 heterocycles. The van der Waals surface area contributed by atoms with Crippen molar-refractivity contribution in [3.63, 3.8) is 0 Å². The number of hydrogen-bond donors (Lipinski definition) is 2. The molecular weight excluding hydrogens is 210 g/mol. The summed E-state index contributed by atoms with van der Waals surface area (Å²) < 4.78 is 5.38. The molecule has 0 amide bonds. The van der Waals surface area contributed by atoms with Crippen LogP contribution in [0.1, 0.15) is 31.3 Å². The van der Waals surface area contributed by atoms with Gasteiger partial charge >= 0.3 is 0 Å². The molecule has 1 aromatic heterocycles. The Morgan fingerprint density at radius 2 is 2.33 bits per heavy atom. The van der Waals surface area contributed by atoms with E-state index in [9.17, 15) is 0 Å². The van der Waals surface area contributed by atoms with Crippen molar-refractivity contribution in [2.45, 2.75) is 36.8 Å². The van der Waals surface area contributed by atoms with Gasteiger partial charge in [0, 0.05) is 11.3 Å². The SMILES string of the molecule is CCC(N)C(SC(C)CO)c1ccco1. The lowest BCUT2D eigenvalue weighted by Gasteiger charge is -2.22. The van der Waals surface area contributed by atoms with Crippen LogP contribution in [0.15, 0.2) is 22.8 Å². The number of aliphatic hydroxyl groups excluding tert-OH is 1. The molecule has 0 bridgehead atoms. The van der Waals surface area contributed by atoms with E-state index in [0.29, 0.717) is 0 Å². The maximum Gasteiger partial charge on any atom is 0.118 e. The first-order valence-corrected chi connectivity index (χ1v) is 6.18. The van der Waals surface area contributed by atoms with Crippen molar-refractivity contribution < 1.29 is 9.52 Å². The van der Waals surface area contributed by atoms with Crippen molar-refractivity contribution in [1.29, 1.82) is 0 Å². The Morgan fingerprint density at radius 1 is 1.60 bits per heavy atom. The largest absolute Gasteiger partial charge is 0.468 e. The highest BCUT2D eigenvalue weighted by Crippen LogP contribution is 2.35. The fourth-order valence-electron chi connectivity index (χ4n) is 1.34. The van der Waals surface area contributed by atoms with Gasteiger partial charge in [0.15, 0.2) is 0 Å². The van der Waals surface area contributed by atoms with Gasteiger partial charge in [0.2, 0.25) is 0 Å². The van der Waals surface area contributed by atoms with E-state index < -0.39 is 0 Å². The molecule has 15 heavy (non-hydrogen) atoms. The molecule has 0 saturated carbocycles. The Hall–Kier alpha value is -0.450. The number of hydrogen-bond acceptors (Lipinski definition) is 4. The van der Waals surface area contributed by atoms with Crippen LogP contribution in [-0.4, -0.2) is 23.0 Å². The maximum absolute atomic E-state index is 9.04. The third-order valence-corrected chi connectivity index (χ3v) is 3.81. The number of thioether (sulfide) groups is 1. The van der Waals surface area contributed by atoms with E-state index in [0.717, 1.165) is 12.2 Å². The third kappa shape index (κ3) is 3.55. The predicted molar refractivity (Wildman–Crippen MR) is 63.9 cm³/mol. The summed E-state index contributed by atoms with van der Waals surface area (Å²) in [4.78, 5) is 0. The Morgan fingerprint density at radius 3 is 2.80 bits per heavy atom. The molecule has 1 aromatic rings. The first-order chi connectivity index (χ1) is 7.19. The summed E-state index contributed by atoms with van der Waals surface area (Å²) in [5.74, 6) is 0.898. The molecule has 1 rings (SSSR count). The summed E-state index contributed by atoms with van der Waals surface area (Å²) in [7, 11) is 0. The van der Waals surface area contributed by atoms with E-state index in [1.807, 2.05) is 19.1 Å². The minimum absolute atomic E-state index is 0.0650. The van der Waals surface area contributed by atoms with Gasteiger partial charge in [0.25, 0.3) is 0 Å². The summed E-state index contributed by atoms with van der Waals surface area (Å²) in [5.41, 5.74) is 6.05. The summed E-state index contributed by atoms with van der Waals surface area (Å²) in [6.07, 6.45) is 2.56. The number of rotatable bonds is 6. The van der Waals surface area contributed by atoms with E-state index in [1.165, 1.54) is 0 Å². The fraction of sp³-hybridized carbons (Fsp3) is 0.636. The molecule has 86 valence electrons. The van der Waals surface area contributed by atoms with Crippen molar-refractivity contribution in [2.75, 3.05) is 6.61 Å². The number of furan rings is 1. The molecule has 0 aliphatic carbocycles. The predicted octanol–water partition coefficient (Wildman–Crippen LogP) is 2.17. The molecule has 0 aromatic carbocycles. The standard InChI is InChI=1S/C11H19NO2S/c1-3-9(12)11(15-8(2)7-13)10-5-4-6-14-10/h4-6,8-9,11,13H,3,7,12H2,1-2H3. The molecule has 0 aliphatic heterocycles. The van der Waals surface area contributed by atoms with Crippen molar-refractivity contribution >= 4 is 11.8 Å². The van der Waals surface area contributed by atoms with Crippen LogP contribution in [0.25, 0.3) is 0 Å². The number of nitrogens with two attached hydrogens (primary N) is 1. The van der Waals surface area contributed by atoms with Crippen LogP contribution in [0.2, 0.25) is 0 Å². The average Bonchev–Trinajstić information content (AvgIpc) is 2.77. The Bertz CT molecular complexity index is 264. The normalized spacial score (nSPS) is 17.3. The van der Waals surface area contributed by atoms with E-state index in [4.69, 9.17) is 15.3 Å². The van der Waals surface area contributed by atoms with Crippen LogP contribution >= 0.6 is 11.8 Å². The van der Waals surface area contributed by atoms with Gasteiger partial charge in [0.05, 0.1) is 18.1 Å². The van der Waals surface area contributed by atoms with Gasteiger partial charge in [-0.2, -0.15) is 0 Å². The molecule has 3 N–H and O–H groups in total. The maximum atomic E-state index is 9.04. The van der Waals surface area contributed by atoms with Crippen LogP contribution in [0.5, 0.6) is 0 Å². The van der Waals surface area contributed by atoms with Gasteiger partial charge in [-0.15, -0.1) is 11.8 Å². The van der Waals surface area contributed by atoms with E-state index >= 15 is 0 Å². The van der Waals surface area contributed by atoms with Crippen molar-refractivity contribution in [1.82, 2.24) is 0 Å². The zero-order valence-corrected chi connectivity index (χ0v) is 10.0. The van der Waals surface area contributed by atoms with Crippen LogP contribution in [0.4, 0.5) is 0 Å². The monoisotopic (exact) mass is 229 g/mol. The fourth-order valence-corrected chi connectivity index (χ4v) is 2.59. The zero-order chi connectivity index (χ0) is 11.3. The van der Waals surface area contributed by atoms with Crippen LogP contribution in [0.3, 0.4) is 0 Å². The first-order valence-electron chi connectivity index (χ1n) is 5.24. The lowest BCUT2D eigenvalue weighted by Crippen LogP contribution is -2.27. The van der Waals surface area contributed by atoms with Crippen molar-refractivity contribution in [2.24, 2.45) is 5.73 Å². The molecule has 0 radical (unpaired) electrons. The van der Waals surface area contributed by atoms with Gasteiger partial charge in [-0.1, -0.05) is 13.8 Å². The highest BCUT2D eigenvalue weighted by atomic mass is 32.2. The number of aliphatic hydroxyl groups is 1. The average molecular weight is 229 g/mol. The lowest BCUT2D eigenvalue weighted by atomic mass is 10.1. The molecule has 0 spiro atoms. The molecule has 3 unspecified atom stereocenters. The Balaban J connectivity index is 2.70. The summed E-state index contributed by atoms with van der Waals surface area (Å²) in [5, 5.41) is 9.35. The van der Waals surface area contributed by atoms with Gasteiger partial charge in [0.1, 0.15) is 5.76 Å². The smallest absolute Gasteiger partial charge is 0.118 e. The minimum Gasteiger partial charge on any atom is -0.468 e. The van der Waals surface area contributed by atoms with E-state index in [2.05, 4.69) is 6.92 Å². The van der Waals surface area contributed by atoms with Crippen LogP contribution in [0, 0.1) is 0 Å². The topological polar surface area (TPSA) is 59.4 Å². The highest BCUT2D eigenvalue weighted by molar-refractivity contribution is 8.00. The minimum atomic E-state index is 0.0650. The second-order valence-electron chi connectivity index (χ2n) is 3.64. The summed E-state index contributed by atoms with van der Waals surface area (Å²) in [6.45, 7) is 4.21.